The van der Waals surface area contributed by atoms with Gasteiger partial charge < -0.3 is 10.6 Å². The van der Waals surface area contributed by atoms with Gasteiger partial charge in [0.1, 0.15) is 0 Å². The molecule has 1 aromatic carbocycles. The minimum absolute atomic E-state index is 0.00322. The van der Waals surface area contributed by atoms with Crippen LogP contribution in [0.1, 0.15) is 31.4 Å². The van der Waals surface area contributed by atoms with Crippen molar-refractivity contribution < 1.29 is 4.79 Å². The van der Waals surface area contributed by atoms with E-state index in [9.17, 15) is 4.79 Å². The summed E-state index contributed by atoms with van der Waals surface area (Å²) < 4.78 is 0. The number of carbonyl (C=O) groups is 1. The van der Waals surface area contributed by atoms with Crippen molar-refractivity contribution in [2.75, 3.05) is 18.0 Å². The Kier molecular flexibility index (Phi) is 5.35. The molecule has 0 heterocycles. The van der Waals surface area contributed by atoms with Gasteiger partial charge >= 0.3 is 0 Å². The third kappa shape index (κ3) is 3.57. The topological polar surface area (TPSA) is 46.3 Å². The second-order valence-corrected chi connectivity index (χ2v) is 5.08. The molecule has 0 spiro atoms. The third-order valence-corrected chi connectivity index (χ3v) is 2.99. The maximum atomic E-state index is 12.3. The summed E-state index contributed by atoms with van der Waals surface area (Å²) in [6.07, 6.45) is 0.825. The smallest absolute Gasteiger partial charge is 0.229 e. The molecule has 1 rings (SSSR count). The van der Waals surface area contributed by atoms with Gasteiger partial charge in [-0.05, 0) is 38.4 Å². The Bertz CT molecular complexity index is 413. The molecule has 0 atom stereocenters. The van der Waals surface area contributed by atoms with E-state index in [1.807, 2.05) is 37.8 Å². The summed E-state index contributed by atoms with van der Waals surface area (Å²) in [5, 5.41) is 0. The van der Waals surface area contributed by atoms with Crippen molar-refractivity contribution in [2.24, 2.45) is 11.7 Å². The second-order valence-electron chi connectivity index (χ2n) is 5.08. The van der Waals surface area contributed by atoms with E-state index in [-0.39, 0.29) is 11.8 Å². The highest BCUT2D eigenvalue weighted by Crippen LogP contribution is 2.23. The van der Waals surface area contributed by atoms with Crippen LogP contribution in [0.4, 0.5) is 5.69 Å². The Morgan fingerprint density at radius 2 is 2.00 bits per heavy atom. The average molecular weight is 248 g/mol. The van der Waals surface area contributed by atoms with Crippen molar-refractivity contribution >= 4 is 11.6 Å². The van der Waals surface area contributed by atoms with E-state index in [0.29, 0.717) is 13.1 Å². The maximum Gasteiger partial charge on any atom is 0.229 e. The second kappa shape index (κ2) is 6.55. The van der Waals surface area contributed by atoms with Gasteiger partial charge in [0, 0.05) is 18.2 Å². The summed E-state index contributed by atoms with van der Waals surface area (Å²) in [7, 11) is 0. The van der Waals surface area contributed by atoms with E-state index in [2.05, 4.69) is 13.0 Å². The summed E-state index contributed by atoms with van der Waals surface area (Å²) in [6.45, 7) is 9.27. The number of hydrogen-bond acceptors (Lipinski definition) is 2. The maximum absolute atomic E-state index is 12.3. The first-order valence-electron chi connectivity index (χ1n) is 6.56. The van der Waals surface area contributed by atoms with Gasteiger partial charge in [0.05, 0.1) is 0 Å². The molecular weight excluding hydrogens is 224 g/mol. The normalized spacial score (nSPS) is 10.8. The van der Waals surface area contributed by atoms with Crippen LogP contribution in [-0.4, -0.2) is 19.0 Å². The number of amides is 1. The quantitative estimate of drug-likeness (QED) is 0.870. The van der Waals surface area contributed by atoms with E-state index < -0.39 is 0 Å². The molecule has 0 fully saturated rings. The van der Waals surface area contributed by atoms with Crippen LogP contribution >= 0.6 is 0 Å². The Balaban J connectivity index is 3.04. The molecule has 100 valence electrons. The van der Waals surface area contributed by atoms with Crippen molar-refractivity contribution in [3.8, 4) is 0 Å². The molecule has 18 heavy (non-hydrogen) atoms. The zero-order chi connectivity index (χ0) is 13.7. The number of hydrogen-bond donors (Lipinski definition) is 1. The average Bonchev–Trinajstić information content (AvgIpc) is 2.31. The molecule has 0 unspecified atom stereocenters. The molecule has 0 bridgehead atoms. The van der Waals surface area contributed by atoms with E-state index in [1.54, 1.807) is 0 Å². The first kappa shape index (κ1) is 14.7. The zero-order valence-corrected chi connectivity index (χ0v) is 11.9. The van der Waals surface area contributed by atoms with Gasteiger partial charge in [0.25, 0.3) is 0 Å². The standard InChI is InChI=1S/C15H24N2O/c1-11(2)15(18)17(9-5-8-16)14-7-6-12(3)10-13(14)4/h6-7,10-11H,5,8-9,16H2,1-4H3. The summed E-state index contributed by atoms with van der Waals surface area (Å²) >= 11 is 0. The van der Waals surface area contributed by atoms with Crippen LogP contribution in [0, 0.1) is 19.8 Å². The van der Waals surface area contributed by atoms with Gasteiger partial charge in [-0.2, -0.15) is 0 Å². The minimum Gasteiger partial charge on any atom is -0.330 e. The summed E-state index contributed by atoms with van der Waals surface area (Å²) in [6, 6.07) is 6.19. The number of carbonyl (C=O) groups excluding carboxylic acids is 1. The molecule has 3 heteroatoms. The molecule has 0 aliphatic rings. The monoisotopic (exact) mass is 248 g/mol. The molecule has 1 aromatic rings. The predicted molar refractivity (Wildman–Crippen MR) is 76.8 cm³/mol. The molecule has 0 aliphatic carbocycles. The first-order chi connectivity index (χ1) is 8.47. The molecule has 0 saturated heterocycles. The predicted octanol–water partition coefficient (Wildman–Crippen LogP) is 2.64. The first-order valence-corrected chi connectivity index (χ1v) is 6.56. The van der Waals surface area contributed by atoms with E-state index in [4.69, 9.17) is 5.73 Å². The van der Waals surface area contributed by atoms with Gasteiger partial charge in [-0.1, -0.05) is 31.5 Å². The van der Waals surface area contributed by atoms with Gasteiger partial charge in [-0.3, -0.25) is 4.79 Å². The Hall–Kier alpha value is -1.35. The fourth-order valence-corrected chi connectivity index (χ4v) is 2.02. The van der Waals surface area contributed by atoms with Gasteiger partial charge in [-0.25, -0.2) is 0 Å². The lowest BCUT2D eigenvalue weighted by Crippen LogP contribution is -2.36. The minimum atomic E-state index is 0.00322. The molecule has 0 aliphatic heterocycles. The van der Waals surface area contributed by atoms with E-state index >= 15 is 0 Å². The summed E-state index contributed by atoms with van der Waals surface area (Å²) in [5.41, 5.74) is 8.92. The van der Waals surface area contributed by atoms with Crippen molar-refractivity contribution in [3.63, 3.8) is 0 Å². The molecule has 1 amide bonds. The van der Waals surface area contributed by atoms with E-state index in [0.717, 1.165) is 17.7 Å². The lowest BCUT2D eigenvalue weighted by molar-refractivity contribution is -0.121. The highest BCUT2D eigenvalue weighted by molar-refractivity contribution is 5.95. The third-order valence-electron chi connectivity index (χ3n) is 2.99. The Morgan fingerprint density at radius 1 is 1.33 bits per heavy atom. The number of anilines is 1. The lowest BCUT2D eigenvalue weighted by atomic mass is 10.1. The van der Waals surface area contributed by atoms with Crippen LogP contribution in [0.2, 0.25) is 0 Å². The van der Waals surface area contributed by atoms with Gasteiger partial charge in [-0.15, -0.1) is 0 Å². The largest absolute Gasteiger partial charge is 0.330 e. The van der Waals surface area contributed by atoms with Crippen molar-refractivity contribution in [1.82, 2.24) is 0 Å². The van der Waals surface area contributed by atoms with Crippen molar-refractivity contribution in [1.29, 1.82) is 0 Å². The summed E-state index contributed by atoms with van der Waals surface area (Å²) in [4.78, 5) is 14.1. The molecule has 0 saturated carbocycles. The van der Waals surface area contributed by atoms with Crippen LogP contribution in [-0.2, 0) is 4.79 Å². The highest BCUT2D eigenvalue weighted by Gasteiger charge is 2.19. The van der Waals surface area contributed by atoms with E-state index in [1.165, 1.54) is 5.56 Å². The van der Waals surface area contributed by atoms with Crippen molar-refractivity contribution in [2.45, 2.75) is 34.1 Å². The highest BCUT2D eigenvalue weighted by atomic mass is 16.2. The fraction of sp³-hybridized carbons (Fsp3) is 0.533. The van der Waals surface area contributed by atoms with Crippen LogP contribution in [0.25, 0.3) is 0 Å². The Labute approximate surface area is 110 Å². The van der Waals surface area contributed by atoms with Crippen LogP contribution in [0.3, 0.4) is 0 Å². The lowest BCUT2D eigenvalue weighted by Gasteiger charge is -2.26. The van der Waals surface area contributed by atoms with Crippen LogP contribution in [0.5, 0.6) is 0 Å². The number of rotatable bonds is 5. The molecule has 0 radical (unpaired) electrons. The fourth-order valence-electron chi connectivity index (χ4n) is 2.02. The SMILES string of the molecule is Cc1ccc(N(CCCN)C(=O)C(C)C)c(C)c1. The van der Waals surface area contributed by atoms with Crippen molar-refractivity contribution in [3.05, 3.63) is 29.3 Å². The zero-order valence-electron chi connectivity index (χ0n) is 11.9. The van der Waals surface area contributed by atoms with Gasteiger partial charge in [0.15, 0.2) is 0 Å². The Morgan fingerprint density at radius 3 is 2.50 bits per heavy atom. The molecule has 2 N–H and O–H groups in total. The number of aryl methyl sites for hydroxylation is 2. The number of nitrogens with two attached hydrogens (primary N) is 1. The van der Waals surface area contributed by atoms with Crippen LogP contribution < -0.4 is 10.6 Å². The molecule has 3 nitrogen and oxygen atoms in total. The number of nitrogens with zero attached hydrogens (tertiary/aromatic N) is 1. The van der Waals surface area contributed by atoms with Gasteiger partial charge in [0.2, 0.25) is 5.91 Å². The van der Waals surface area contributed by atoms with Crippen LogP contribution in [0.15, 0.2) is 18.2 Å². The number of benzene rings is 1. The molecule has 0 aromatic heterocycles. The summed E-state index contributed by atoms with van der Waals surface area (Å²) in [5.74, 6) is 0.166. The molecular formula is C15H24N2O.